The molecule has 1 fully saturated rings. The average Bonchev–Trinajstić information content (AvgIpc) is 3.15. The van der Waals surface area contributed by atoms with E-state index in [2.05, 4.69) is 30.4 Å². The Morgan fingerprint density at radius 3 is 2.58 bits per heavy atom. The van der Waals surface area contributed by atoms with Gasteiger partial charge < -0.3 is 10.2 Å². The summed E-state index contributed by atoms with van der Waals surface area (Å²) in [6.07, 6.45) is 2.20. The predicted molar refractivity (Wildman–Crippen MR) is 96.4 cm³/mol. The molecule has 4 nitrogen and oxygen atoms in total. The number of aryl methyl sites for hydroxylation is 1. The molecule has 1 saturated carbocycles. The largest absolute Gasteiger partial charge is 0.354 e. The highest BCUT2D eigenvalue weighted by Crippen LogP contribution is 2.48. The molecule has 0 bridgehead atoms. The van der Waals surface area contributed by atoms with E-state index in [4.69, 9.17) is 0 Å². The van der Waals surface area contributed by atoms with Crippen molar-refractivity contribution in [2.45, 2.75) is 25.2 Å². The van der Waals surface area contributed by atoms with Gasteiger partial charge in [-0.1, -0.05) is 30.3 Å². The molecule has 1 N–H and O–H groups in total. The van der Waals surface area contributed by atoms with E-state index in [9.17, 15) is 9.59 Å². The molecular formula is C19H22N2O2S. The molecule has 5 heteroatoms. The van der Waals surface area contributed by atoms with Crippen molar-refractivity contribution in [1.82, 2.24) is 10.2 Å². The fourth-order valence-electron chi connectivity index (χ4n) is 3.06. The lowest BCUT2D eigenvalue weighted by molar-refractivity contribution is -0.121. The third-order valence-electron chi connectivity index (χ3n) is 4.65. The normalized spacial score (nSPS) is 14.9. The second kappa shape index (κ2) is 6.77. The molecule has 1 aliphatic rings. The van der Waals surface area contributed by atoms with Crippen molar-refractivity contribution >= 4 is 23.2 Å². The third kappa shape index (κ3) is 3.51. The minimum atomic E-state index is -0.111. The maximum atomic E-state index is 12.2. The monoisotopic (exact) mass is 342 g/mol. The molecule has 24 heavy (non-hydrogen) atoms. The maximum Gasteiger partial charge on any atom is 0.264 e. The summed E-state index contributed by atoms with van der Waals surface area (Å²) in [5.74, 6) is -0.220. The molecule has 3 rings (SSSR count). The maximum absolute atomic E-state index is 12.2. The average molecular weight is 342 g/mol. The summed E-state index contributed by atoms with van der Waals surface area (Å²) < 4.78 is 0. The van der Waals surface area contributed by atoms with Crippen LogP contribution in [0.15, 0.2) is 41.8 Å². The molecule has 126 valence electrons. The lowest BCUT2D eigenvalue weighted by Crippen LogP contribution is -2.41. The number of nitrogens with zero attached hydrogens (tertiary/aromatic N) is 1. The van der Waals surface area contributed by atoms with Crippen LogP contribution in [0.2, 0.25) is 0 Å². The van der Waals surface area contributed by atoms with Crippen molar-refractivity contribution in [3.05, 3.63) is 57.8 Å². The van der Waals surface area contributed by atoms with Crippen LogP contribution in [0.1, 0.15) is 33.6 Å². The molecular weight excluding hydrogens is 320 g/mol. The van der Waals surface area contributed by atoms with Gasteiger partial charge in [-0.2, -0.15) is 0 Å². The Labute approximate surface area is 146 Å². The van der Waals surface area contributed by atoms with Gasteiger partial charge >= 0.3 is 0 Å². The molecule has 1 aromatic heterocycles. The number of rotatable bonds is 6. The van der Waals surface area contributed by atoms with Gasteiger partial charge in [0.15, 0.2) is 0 Å². The summed E-state index contributed by atoms with van der Waals surface area (Å²) in [5.41, 5.74) is 2.68. The highest BCUT2D eigenvalue weighted by Gasteiger charge is 2.45. The van der Waals surface area contributed by atoms with E-state index in [1.807, 2.05) is 17.5 Å². The van der Waals surface area contributed by atoms with Gasteiger partial charge in [-0.25, -0.2) is 0 Å². The Morgan fingerprint density at radius 2 is 1.96 bits per heavy atom. The first-order chi connectivity index (χ1) is 11.5. The number of nitrogens with one attached hydrogen (secondary N) is 1. The second-order valence-corrected chi connectivity index (χ2v) is 7.46. The highest BCUT2D eigenvalue weighted by atomic mass is 32.1. The molecule has 0 saturated heterocycles. The predicted octanol–water partition coefficient (Wildman–Crippen LogP) is 2.98. The van der Waals surface area contributed by atoms with Crippen LogP contribution >= 0.6 is 11.3 Å². The van der Waals surface area contributed by atoms with E-state index in [1.165, 1.54) is 27.4 Å². The highest BCUT2D eigenvalue weighted by molar-refractivity contribution is 7.12. The summed E-state index contributed by atoms with van der Waals surface area (Å²) in [5, 5.41) is 4.87. The molecule has 0 unspecified atom stereocenters. The zero-order chi connectivity index (χ0) is 17.2. The van der Waals surface area contributed by atoms with E-state index in [1.54, 1.807) is 13.1 Å². The first-order valence-electron chi connectivity index (χ1n) is 8.14. The number of amides is 2. The van der Waals surface area contributed by atoms with E-state index in [0.29, 0.717) is 11.4 Å². The Morgan fingerprint density at radius 1 is 1.21 bits per heavy atom. The van der Waals surface area contributed by atoms with Gasteiger partial charge in [0.2, 0.25) is 5.91 Å². The van der Waals surface area contributed by atoms with Crippen molar-refractivity contribution in [2.24, 2.45) is 0 Å². The van der Waals surface area contributed by atoms with Gasteiger partial charge in [0.05, 0.1) is 11.4 Å². The molecule has 1 aliphatic carbocycles. The molecule has 1 heterocycles. The fraction of sp³-hybridized carbons (Fsp3) is 0.368. The van der Waals surface area contributed by atoms with Gasteiger partial charge in [-0.3, -0.25) is 9.59 Å². The number of likely N-dealkylation sites (N-methyl/N-ethyl adjacent to an activating group) is 1. The molecule has 1 aromatic carbocycles. The SMILES string of the molecule is Cc1ccccc1C1(CNC(=O)CN(C)C(=O)c2cccs2)CC1. The zero-order valence-electron chi connectivity index (χ0n) is 14.0. The lowest BCUT2D eigenvalue weighted by Gasteiger charge is -2.20. The number of carbonyl (C=O) groups is 2. The van der Waals surface area contributed by atoms with Crippen LogP contribution in [0.25, 0.3) is 0 Å². The summed E-state index contributed by atoms with van der Waals surface area (Å²) in [6, 6.07) is 12.0. The lowest BCUT2D eigenvalue weighted by atomic mass is 9.92. The Hall–Kier alpha value is -2.14. The number of thiophene rings is 1. The van der Waals surface area contributed by atoms with Gasteiger partial charge in [0.25, 0.3) is 5.91 Å². The van der Waals surface area contributed by atoms with Crippen molar-refractivity contribution in [3.8, 4) is 0 Å². The van der Waals surface area contributed by atoms with Gasteiger partial charge in [0, 0.05) is 19.0 Å². The minimum Gasteiger partial charge on any atom is -0.354 e. The molecule has 0 aliphatic heterocycles. The first kappa shape index (κ1) is 16.7. The molecule has 2 amide bonds. The van der Waals surface area contributed by atoms with Gasteiger partial charge in [-0.05, 0) is 42.3 Å². The van der Waals surface area contributed by atoms with Crippen LogP contribution in [0, 0.1) is 6.92 Å². The quantitative estimate of drug-likeness (QED) is 0.877. The van der Waals surface area contributed by atoms with Crippen LogP contribution in [0.5, 0.6) is 0 Å². The number of benzene rings is 1. The number of carbonyl (C=O) groups excluding carboxylic acids is 2. The van der Waals surface area contributed by atoms with E-state index in [0.717, 1.165) is 12.8 Å². The summed E-state index contributed by atoms with van der Waals surface area (Å²) >= 11 is 1.39. The third-order valence-corrected chi connectivity index (χ3v) is 5.51. The van der Waals surface area contributed by atoms with E-state index < -0.39 is 0 Å². The zero-order valence-corrected chi connectivity index (χ0v) is 14.9. The smallest absolute Gasteiger partial charge is 0.264 e. The Kier molecular flexibility index (Phi) is 4.71. The summed E-state index contributed by atoms with van der Waals surface area (Å²) in [6.45, 7) is 2.84. The second-order valence-electron chi connectivity index (χ2n) is 6.51. The van der Waals surface area contributed by atoms with Crippen molar-refractivity contribution in [3.63, 3.8) is 0 Å². The number of hydrogen-bond donors (Lipinski definition) is 1. The first-order valence-corrected chi connectivity index (χ1v) is 9.02. The van der Waals surface area contributed by atoms with Gasteiger partial charge in [-0.15, -0.1) is 11.3 Å². The van der Waals surface area contributed by atoms with Crippen LogP contribution in [-0.4, -0.2) is 36.9 Å². The van der Waals surface area contributed by atoms with Crippen LogP contribution in [0.3, 0.4) is 0 Å². The van der Waals surface area contributed by atoms with Crippen LogP contribution < -0.4 is 5.32 Å². The van der Waals surface area contributed by atoms with Crippen molar-refractivity contribution < 1.29 is 9.59 Å². The van der Waals surface area contributed by atoms with Crippen LogP contribution in [-0.2, 0) is 10.2 Å². The minimum absolute atomic E-state index is 0.0807. The summed E-state index contributed by atoms with van der Waals surface area (Å²) in [4.78, 5) is 26.5. The van der Waals surface area contributed by atoms with Crippen LogP contribution in [0.4, 0.5) is 0 Å². The van der Waals surface area contributed by atoms with Crippen molar-refractivity contribution in [2.75, 3.05) is 20.1 Å². The molecule has 2 aromatic rings. The number of hydrogen-bond acceptors (Lipinski definition) is 3. The van der Waals surface area contributed by atoms with Crippen molar-refractivity contribution in [1.29, 1.82) is 0 Å². The molecule has 0 radical (unpaired) electrons. The topological polar surface area (TPSA) is 49.4 Å². The molecule has 0 spiro atoms. The standard InChI is InChI=1S/C19H22N2O2S/c1-14-6-3-4-7-15(14)19(9-10-19)13-20-17(22)12-21(2)18(23)16-8-5-11-24-16/h3-8,11H,9-10,12-13H2,1-2H3,(H,20,22). The molecule has 0 atom stereocenters. The summed E-state index contributed by atoms with van der Waals surface area (Å²) in [7, 11) is 1.66. The Bertz CT molecular complexity index is 736. The van der Waals surface area contributed by atoms with Gasteiger partial charge in [0.1, 0.15) is 0 Å². The van der Waals surface area contributed by atoms with E-state index >= 15 is 0 Å². The van der Waals surface area contributed by atoms with E-state index in [-0.39, 0.29) is 23.8 Å². The Balaban J connectivity index is 1.54. The fourth-order valence-corrected chi connectivity index (χ4v) is 3.78.